The highest BCUT2D eigenvalue weighted by atomic mass is 19.1. The fourth-order valence-corrected chi connectivity index (χ4v) is 7.02. The second-order valence-electron chi connectivity index (χ2n) is 10.6. The van der Waals surface area contributed by atoms with Crippen LogP contribution in [0.4, 0.5) is 4.39 Å². The van der Waals surface area contributed by atoms with Crippen molar-refractivity contribution in [3.63, 3.8) is 0 Å². The van der Waals surface area contributed by atoms with E-state index >= 15 is 4.39 Å². The Morgan fingerprint density at radius 3 is 2.89 bits per heavy atom. The normalized spacial score (nSPS) is 40.9. The summed E-state index contributed by atoms with van der Waals surface area (Å²) >= 11 is 0. The molecule has 0 amide bonds. The average molecular weight is 488 g/mol. The van der Waals surface area contributed by atoms with E-state index in [1.807, 2.05) is 0 Å². The summed E-state index contributed by atoms with van der Waals surface area (Å²) in [5.41, 5.74) is -0.0281. The highest BCUT2D eigenvalue weighted by Crippen LogP contribution is 2.47. The molecule has 0 aromatic carbocycles. The third-order valence-electron chi connectivity index (χ3n) is 8.43. The van der Waals surface area contributed by atoms with Crippen molar-refractivity contribution >= 4 is 18.8 Å². The Labute approximate surface area is 205 Å². The fraction of sp³-hybridized carbons (Fsp3) is 0.792. The standard InChI is InChI=1S/C24H34BFN4O5/c1-3-34-24(32)16-12-30-18-8-13(10-27)4-5-19(18)35-23-20(30)15(22(16)31)9-17(26)21(23)29-7-6-14(11-29)28-25(2)33/h12-15,17-21,23,28,33H,3-9,11H2,1-2H3. The molecule has 2 N–H and O–H groups in total. The molecule has 3 aliphatic heterocycles. The number of morpholine rings is 1. The first-order valence-electron chi connectivity index (χ1n) is 12.9. The van der Waals surface area contributed by atoms with Crippen molar-refractivity contribution in [3.05, 3.63) is 11.8 Å². The lowest BCUT2D eigenvalue weighted by Crippen LogP contribution is -2.73. The van der Waals surface area contributed by atoms with E-state index in [-0.39, 0.29) is 54.5 Å². The lowest BCUT2D eigenvalue weighted by atomic mass is 9.69. The van der Waals surface area contributed by atoms with Gasteiger partial charge in [0.1, 0.15) is 11.7 Å². The molecule has 190 valence electrons. The smallest absolute Gasteiger partial charge is 0.373 e. The van der Waals surface area contributed by atoms with Crippen LogP contribution < -0.4 is 5.23 Å². The number of esters is 1. The van der Waals surface area contributed by atoms with Crippen molar-refractivity contribution < 1.29 is 28.5 Å². The second-order valence-corrected chi connectivity index (χ2v) is 10.6. The molecule has 9 unspecified atom stereocenters. The molecule has 3 heterocycles. The minimum atomic E-state index is -1.29. The summed E-state index contributed by atoms with van der Waals surface area (Å²) in [5.74, 6) is -1.87. The van der Waals surface area contributed by atoms with Gasteiger partial charge in [0.15, 0.2) is 5.78 Å². The lowest BCUT2D eigenvalue weighted by molar-refractivity contribution is -0.212. The van der Waals surface area contributed by atoms with Crippen LogP contribution in [0.15, 0.2) is 11.8 Å². The van der Waals surface area contributed by atoms with Gasteiger partial charge < -0.3 is 24.6 Å². The summed E-state index contributed by atoms with van der Waals surface area (Å²) < 4.78 is 27.7. The number of nitrogens with zero attached hydrogens (tertiary/aromatic N) is 3. The number of hydrogen-bond donors (Lipinski definition) is 2. The number of nitriles is 1. The van der Waals surface area contributed by atoms with Gasteiger partial charge in [0.05, 0.1) is 43.0 Å². The quantitative estimate of drug-likeness (QED) is 0.327. The van der Waals surface area contributed by atoms with E-state index in [0.717, 1.165) is 6.42 Å². The van der Waals surface area contributed by atoms with Crippen LogP contribution in [0.1, 0.15) is 39.0 Å². The van der Waals surface area contributed by atoms with Gasteiger partial charge in [0.25, 0.3) is 0 Å². The predicted octanol–water partition coefficient (Wildman–Crippen LogP) is 0.647. The molecule has 11 heteroatoms. The lowest BCUT2D eigenvalue weighted by Gasteiger charge is -2.60. The van der Waals surface area contributed by atoms with Gasteiger partial charge in [-0.2, -0.15) is 5.26 Å². The zero-order chi connectivity index (χ0) is 24.9. The van der Waals surface area contributed by atoms with Crippen LogP contribution >= 0.6 is 0 Å². The van der Waals surface area contributed by atoms with Gasteiger partial charge in [-0.15, -0.1) is 0 Å². The maximum absolute atomic E-state index is 15.9. The molecular formula is C24H34BFN4O5. The number of ketones is 1. The van der Waals surface area contributed by atoms with Crippen LogP contribution in [0.25, 0.3) is 0 Å². The number of likely N-dealkylation sites (tertiary alicyclic amines) is 1. The number of ether oxygens (including phenoxy) is 2. The summed E-state index contributed by atoms with van der Waals surface area (Å²) in [6.45, 7) is 4.78. The molecule has 0 radical (unpaired) electrons. The Morgan fingerprint density at radius 1 is 1.37 bits per heavy atom. The minimum Gasteiger partial charge on any atom is -0.462 e. The predicted molar refractivity (Wildman–Crippen MR) is 124 cm³/mol. The molecule has 2 saturated heterocycles. The maximum Gasteiger partial charge on any atom is 0.373 e. The average Bonchev–Trinajstić information content (AvgIpc) is 3.27. The number of hydrogen-bond acceptors (Lipinski definition) is 9. The van der Waals surface area contributed by atoms with Crippen LogP contribution in [-0.2, 0) is 19.1 Å². The first kappa shape index (κ1) is 24.7. The number of halogens is 1. The molecule has 0 spiro atoms. The van der Waals surface area contributed by atoms with E-state index in [4.69, 9.17) is 9.47 Å². The van der Waals surface area contributed by atoms with Gasteiger partial charge in [0.2, 0.25) is 0 Å². The SMILES string of the molecule is CCOC(=O)C1=CN2C3CC(C#N)CCC3OC3C(N4CCC(NB(C)O)C4)C(F)CC(C1=O)C32. The zero-order valence-electron chi connectivity index (χ0n) is 20.3. The largest absolute Gasteiger partial charge is 0.462 e. The monoisotopic (exact) mass is 488 g/mol. The van der Waals surface area contributed by atoms with Gasteiger partial charge in [-0.05, 0) is 45.9 Å². The number of alkyl halides is 1. The number of nitrogens with one attached hydrogen (secondary N) is 1. The summed E-state index contributed by atoms with van der Waals surface area (Å²) in [6.07, 6.45) is 2.40. The van der Waals surface area contributed by atoms with Crippen LogP contribution in [0.5, 0.6) is 0 Å². The molecule has 2 saturated carbocycles. The van der Waals surface area contributed by atoms with E-state index in [1.165, 1.54) is 0 Å². The molecule has 0 aromatic heterocycles. The molecule has 9 atom stereocenters. The Hall–Kier alpha value is -2.00. The maximum atomic E-state index is 15.9. The van der Waals surface area contributed by atoms with E-state index in [9.17, 15) is 19.9 Å². The topological polar surface area (TPSA) is 115 Å². The Balaban J connectivity index is 1.49. The number of carbonyl (C=O) groups excluding carboxylic acids is 2. The van der Waals surface area contributed by atoms with Crippen LogP contribution in [0, 0.1) is 23.2 Å². The molecule has 9 nitrogen and oxygen atoms in total. The molecular weight excluding hydrogens is 454 g/mol. The van der Waals surface area contributed by atoms with Crippen molar-refractivity contribution in [1.82, 2.24) is 15.0 Å². The summed E-state index contributed by atoms with van der Waals surface area (Å²) in [5, 5.41) is 22.4. The van der Waals surface area contributed by atoms with Crippen LogP contribution in [0.3, 0.4) is 0 Å². The molecule has 4 fully saturated rings. The molecule has 0 bridgehead atoms. The first-order chi connectivity index (χ1) is 16.8. The van der Waals surface area contributed by atoms with E-state index in [1.54, 1.807) is 19.9 Å². The van der Waals surface area contributed by atoms with E-state index in [0.29, 0.717) is 32.4 Å². The number of Topliss-reactive ketones (excluding diaryl/α,β-unsaturated/α-hetero) is 1. The van der Waals surface area contributed by atoms with Crippen molar-refractivity contribution in [2.45, 2.75) is 88.4 Å². The third kappa shape index (κ3) is 4.39. The van der Waals surface area contributed by atoms with Gasteiger partial charge in [-0.25, -0.2) is 9.18 Å². The van der Waals surface area contributed by atoms with Gasteiger partial charge in [-0.1, -0.05) is 0 Å². The summed E-state index contributed by atoms with van der Waals surface area (Å²) in [4.78, 5) is 30.2. The zero-order valence-corrected chi connectivity index (χ0v) is 20.3. The Morgan fingerprint density at radius 2 is 2.17 bits per heavy atom. The van der Waals surface area contributed by atoms with Gasteiger partial charge >= 0.3 is 13.0 Å². The summed E-state index contributed by atoms with van der Waals surface area (Å²) in [7, 11) is -0.642. The fourth-order valence-electron chi connectivity index (χ4n) is 7.02. The highest BCUT2D eigenvalue weighted by Gasteiger charge is 2.60. The van der Waals surface area contributed by atoms with Gasteiger partial charge in [-0.3, -0.25) is 9.69 Å². The molecule has 0 aromatic rings. The van der Waals surface area contributed by atoms with Crippen molar-refractivity contribution in [2.75, 3.05) is 19.7 Å². The number of fused-ring (bicyclic) bond motifs is 2. The Bertz CT molecular complexity index is 928. The van der Waals surface area contributed by atoms with Crippen molar-refractivity contribution in [1.29, 1.82) is 5.26 Å². The van der Waals surface area contributed by atoms with E-state index in [2.05, 4.69) is 21.1 Å². The van der Waals surface area contributed by atoms with Crippen molar-refractivity contribution in [2.24, 2.45) is 11.8 Å². The van der Waals surface area contributed by atoms with Crippen LogP contribution in [-0.4, -0.2) is 95.9 Å². The number of carbonyl (C=O) groups is 2. The highest BCUT2D eigenvalue weighted by molar-refractivity contribution is 6.45. The molecule has 5 aliphatic rings. The first-order valence-corrected chi connectivity index (χ1v) is 12.9. The minimum absolute atomic E-state index is 0.0192. The molecule has 35 heavy (non-hydrogen) atoms. The van der Waals surface area contributed by atoms with Gasteiger partial charge in [0, 0.05) is 37.2 Å². The van der Waals surface area contributed by atoms with Crippen molar-refractivity contribution in [3.8, 4) is 6.07 Å². The summed E-state index contributed by atoms with van der Waals surface area (Å²) in [6, 6.07) is 1.38. The Kier molecular flexibility index (Phi) is 6.92. The third-order valence-corrected chi connectivity index (χ3v) is 8.43. The molecule has 2 aliphatic carbocycles. The number of rotatable bonds is 5. The second kappa shape index (κ2) is 9.81. The van der Waals surface area contributed by atoms with E-state index < -0.39 is 37.3 Å². The molecule has 5 rings (SSSR count). The van der Waals surface area contributed by atoms with Crippen LogP contribution in [0.2, 0.25) is 6.82 Å².